The molecule has 5 nitrogen and oxygen atoms in total. The molecular formula is C16H22N2O3. The van der Waals surface area contributed by atoms with Crippen molar-refractivity contribution in [3.63, 3.8) is 0 Å². The van der Waals surface area contributed by atoms with Crippen molar-refractivity contribution in [1.29, 1.82) is 0 Å². The number of hydrogen-bond acceptors (Lipinski definition) is 5. The maximum absolute atomic E-state index is 5.73. The lowest BCUT2D eigenvalue weighted by molar-refractivity contribution is -0.140. The number of hydrogen-bond donors (Lipinski definition) is 1. The summed E-state index contributed by atoms with van der Waals surface area (Å²) in [7, 11) is 1.63. The molecule has 21 heavy (non-hydrogen) atoms. The number of aromatic nitrogens is 1. The predicted molar refractivity (Wildman–Crippen MR) is 82.2 cm³/mol. The number of benzene rings is 1. The van der Waals surface area contributed by atoms with E-state index < -0.39 is 6.29 Å². The smallest absolute Gasteiger partial charge is 0.185 e. The summed E-state index contributed by atoms with van der Waals surface area (Å²) in [4.78, 5) is 4.49. The fourth-order valence-corrected chi connectivity index (χ4v) is 2.24. The van der Waals surface area contributed by atoms with Gasteiger partial charge in [-0.1, -0.05) is 0 Å². The maximum atomic E-state index is 5.73. The lowest BCUT2D eigenvalue weighted by Crippen LogP contribution is -2.09. The van der Waals surface area contributed by atoms with E-state index in [2.05, 4.69) is 4.98 Å². The van der Waals surface area contributed by atoms with Crippen LogP contribution in [-0.4, -0.2) is 25.3 Å². The predicted octanol–water partition coefficient (Wildman–Crippen LogP) is 2.77. The number of ether oxygens (including phenoxy) is 3. The van der Waals surface area contributed by atoms with E-state index in [9.17, 15) is 0 Å². The van der Waals surface area contributed by atoms with Crippen LogP contribution in [0, 0.1) is 0 Å². The molecule has 0 unspecified atom stereocenters. The van der Waals surface area contributed by atoms with Crippen LogP contribution in [0.3, 0.4) is 0 Å². The Morgan fingerprint density at radius 2 is 1.86 bits per heavy atom. The van der Waals surface area contributed by atoms with Gasteiger partial charge in [0.15, 0.2) is 6.29 Å². The first-order chi connectivity index (χ1) is 10.2. The molecule has 2 N–H and O–H groups in total. The van der Waals surface area contributed by atoms with Crippen LogP contribution in [0.4, 0.5) is 0 Å². The second kappa shape index (κ2) is 7.36. The number of nitrogens with zero attached hydrogens (tertiary/aromatic N) is 1. The topological polar surface area (TPSA) is 66.6 Å². The average Bonchev–Trinajstić information content (AvgIpc) is 2.52. The Balaban J connectivity index is 2.48. The van der Waals surface area contributed by atoms with Gasteiger partial charge in [0, 0.05) is 36.9 Å². The fraction of sp³-hybridized carbons (Fsp3) is 0.438. The zero-order chi connectivity index (χ0) is 15.2. The van der Waals surface area contributed by atoms with Crippen LogP contribution in [0.25, 0.3) is 10.9 Å². The van der Waals surface area contributed by atoms with Gasteiger partial charge in [-0.15, -0.1) is 0 Å². The lowest BCUT2D eigenvalue weighted by atomic mass is 10.1. The third-order valence-corrected chi connectivity index (χ3v) is 3.19. The number of nitrogens with two attached hydrogens (primary N) is 1. The second-order valence-electron chi connectivity index (χ2n) is 4.59. The summed E-state index contributed by atoms with van der Waals surface area (Å²) in [6.07, 6.45) is 1.37. The van der Waals surface area contributed by atoms with Crippen molar-refractivity contribution in [2.45, 2.75) is 26.7 Å². The fourth-order valence-electron chi connectivity index (χ4n) is 2.24. The molecule has 0 saturated heterocycles. The van der Waals surface area contributed by atoms with E-state index in [1.807, 2.05) is 32.0 Å². The first kappa shape index (κ1) is 15.7. The van der Waals surface area contributed by atoms with Gasteiger partial charge < -0.3 is 19.9 Å². The summed E-state index contributed by atoms with van der Waals surface area (Å²) < 4.78 is 16.6. The SMILES string of the molecule is CCOC(OCC)c1cnc2c(OC)cc(CN)cc2c1. The van der Waals surface area contributed by atoms with Crippen molar-refractivity contribution >= 4 is 10.9 Å². The molecule has 0 spiro atoms. The van der Waals surface area contributed by atoms with Gasteiger partial charge in [-0.3, -0.25) is 4.98 Å². The van der Waals surface area contributed by atoms with Crippen molar-refractivity contribution < 1.29 is 14.2 Å². The van der Waals surface area contributed by atoms with Crippen LogP contribution < -0.4 is 10.5 Å². The quantitative estimate of drug-likeness (QED) is 0.794. The molecule has 0 radical (unpaired) electrons. The standard InChI is InChI=1S/C16H22N2O3/c1-4-20-16(21-5-2)13-8-12-6-11(9-17)7-14(19-3)15(12)18-10-13/h6-8,10,16H,4-5,9,17H2,1-3H3. The number of rotatable bonds is 7. The van der Waals surface area contributed by atoms with Gasteiger partial charge in [0.05, 0.1) is 7.11 Å². The lowest BCUT2D eigenvalue weighted by Gasteiger charge is -2.17. The minimum atomic E-state index is -0.399. The summed E-state index contributed by atoms with van der Waals surface area (Å²) >= 11 is 0. The van der Waals surface area contributed by atoms with E-state index in [1.54, 1.807) is 13.3 Å². The highest BCUT2D eigenvalue weighted by Gasteiger charge is 2.14. The van der Waals surface area contributed by atoms with E-state index in [0.717, 1.165) is 27.8 Å². The first-order valence-electron chi connectivity index (χ1n) is 7.13. The van der Waals surface area contributed by atoms with Crippen molar-refractivity contribution in [1.82, 2.24) is 4.98 Å². The van der Waals surface area contributed by atoms with Crippen LogP contribution in [0.2, 0.25) is 0 Å². The van der Waals surface area contributed by atoms with E-state index in [1.165, 1.54) is 0 Å². The summed E-state index contributed by atoms with van der Waals surface area (Å²) in [5.41, 5.74) is 8.44. The second-order valence-corrected chi connectivity index (χ2v) is 4.59. The highest BCUT2D eigenvalue weighted by molar-refractivity contribution is 5.85. The number of methoxy groups -OCH3 is 1. The molecule has 0 fully saturated rings. The summed E-state index contributed by atoms with van der Waals surface area (Å²) in [5.74, 6) is 0.726. The Bertz CT molecular complexity index is 595. The third-order valence-electron chi connectivity index (χ3n) is 3.19. The van der Waals surface area contributed by atoms with Gasteiger partial charge in [-0.25, -0.2) is 0 Å². The molecule has 0 amide bonds. The Morgan fingerprint density at radius 3 is 2.43 bits per heavy atom. The van der Waals surface area contributed by atoms with Crippen molar-refractivity contribution in [3.05, 3.63) is 35.5 Å². The summed E-state index contributed by atoms with van der Waals surface area (Å²) in [6.45, 7) is 5.49. The van der Waals surface area contributed by atoms with Crippen molar-refractivity contribution in [3.8, 4) is 5.75 Å². The minimum Gasteiger partial charge on any atom is -0.494 e. The first-order valence-corrected chi connectivity index (χ1v) is 7.13. The highest BCUT2D eigenvalue weighted by atomic mass is 16.7. The van der Waals surface area contributed by atoms with Gasteiger partial charge >= 0.3 is 0 Å². The average molecular weight is 290 g/mol. The van der Waals surface area contributed by atoms with E-state index >= 15 is 0 Å². The van der Waals surface area contributed by atoms with Gasteiger partial charge in [-0.2, -0.15) is 0 Å². The Morgan fingerprint density at radius 1 is 1.14 bits per heavy atom. The molecule has 5 heteroatoms. The largest absolute Gasteiger partial charge is 0.494 e. The van der Waals surface area contributed by atoms with Crippen LogP contribution in [0.5, 0.6) is 5.75 Å². The molecular weight excluding hydrogens is 268 g/mol. The van der Waals surface area contributed by atoms with E-state index in [-0.39, 0.29) is 0 Å². The van der Waals surface area contributed by atoms with E-state index in [4.69, 9.17) is 19.9 Å². The monoisotopic (exact) mass is 290 g/mol. The summed E-state index contributed by atoms with van der Waals surface area (Å²) in [5, 5.41) is 0.969. The van der Waals surface area contributed by atoms with Gasteiger partial charge in [0.25, 0.3) is 0 Å². The molecule has 0 atom stereocenters. The number of pyridine rings is 1. The zero-order valence-electron chi connectivity index (χ0n) is 12.8. The van der Waals surface area contributed by atoms with E-state index in [0.29, 0.717) is 19.8 Å². The Kier molecular flexibility index (Phi) is 5.50. The molecule has 0 aliphatic rings. The molecule has 0 bridgehead atoms. The van der Waals surface area contributed by atoms with Gasteiger partial charge in [-0.05, 0) is 37.6 Å². The summed E-state index contributed by atoms with van der Waals surface area (Å²) in [6, 6.07) is 5.95. The van der Waals surface area contributed by atoms with Crippen molar-refractivity contribution in [2.75, 3.05) is 20.3 Å². The van der Waals surface area contributed by atoms with Crippen LogP contribution in [-0.2, 0) is 16.0 Å². The molecule has 114 valence electrons. The third kappa shape index (κ3) is 3.50. The van der Waals surface area contributed by atoms with Crippen LogP contribution >= 0.6 is 0 Å². The Labute approximate surface area is 125 Å². The molecule has 1 heterocycles. The molecule has 0 aliphatic heterocycles. The van der Waals surface area contributed by atoms with Crippen molar-refractivity contribution in [2.24, 2.45) is 5.73 Å². The zero-order valence-corrected chi connectivity index (χ0v) is 12.8. The molecule has 1 aromatic carbocycles. The molecule has 0 saturated carbocycles. The molecule has 1 aromatic heterocycles. The normalized spacial score (nSPS) is 11.3. The maximum Gasteiger partial charge on any atom is 0.185 e. The minimum absolute atomic E-state index is 0.399. The molecule has 2 rings (SSSR count). The molecule has 0 aliphatic carbocycles. The van der Waals surface area contributed by atoms with Gasteiger partial charge in [0.1, 0.15) is 11.3 Å². The van der Waals surface area contributed by atoms with Crippen LogP contribution in [0.15, 0.2) is 24.4 Å². The van der Waals surface area contributed by atoms with Crippen LogP contribution in [0.1, 0.15) is 31.3 Å². The van der Waals surface area contributed by atoms with Gasteiger partial charge in [0.2, 0.25) is 0 Å². The Hall–Kier alpha value is -1.69. The number of fused-ring (bicyclic) bond motifs is 1. The molecule has 2 aromatic rings. The highest BCUT2D eigenvalue weighted by Crippen LogP contribution is 2.29.